The van der Waals surface area contributed by atoms with Crippen molar-refractivity contribution in [1.82, 2.24) is 4.90 Å². The first-order chi connectivity index (χ1) is 9.95. The second-order valence-electron chi connectivity index (χ2n) is 6.08. The van der Waals surface area contributed by atoms with Gasteiger partial charge in [-0.25, -0.2) is 9.18 Å². The number of carbonyl (C=O) groups is 1. The van der Waals surface area contributed by atoms with Gasteiger partial charge < -0.3 is 5.11 Å². The summed E-state index contributed by atoms with van der Waals surface area (Å²) in [5.41, 5.74) is 1.25. The van der Waals surface area contributed by atoms with Crippen molar-refractivity contribution < 1.29 is 14.3 Å². The van der Waals surface area contributed by atoms with Crippen LogP contribution in [0, 0.1) is 11.7 Å². The van der Waals surface area contributed by atoms with E-state index in [0.717, 1.165) is 12.6 Å². The Kier molecular flexibility index (Phi) is 5.12. The molecule has 1 aliphatic carbocycles. The van der Waals surface area contributed by atoms with E-state index in [2.05, 4.69) is 18.7 Å². The molecule has 0 aliphatic heterocycles. The predicted molar refractivity (Wildman–Crippen MR) is 81.3 cm³/mol. The monoisotopic (exact) mass is 291 g/mol. The van der Waals surface area contributed by atoms with Crippen LogP contribution < -0.4 is 0 Å². The number of hydrogen-bond acceptors (Lipinski definition) is 2. The van der Waals surface area contributed by atoms with Crippen LogP contribution in [-0.2, 0) is 11.3 Å². The lowest BCUT2D eigenvalue weighted by Crippen LogP contribution is -2.29. The van der Waals surface area contributed by atoms with Crippen LogP contribution in [0.15, 0.2) is 24.3 Å². The highest BCUT2D eigenvalue weighted by molar-refractivity contribution is 5.85. The van der Waals surface area contributed by atoms with Gasteiger partial charge in [0, 0.05) is 30.8 Å². The maximum atomic E-state index is 14.1. The minimum absolute atomic E-state index is 0.267. The van der Waals surface area contributed by atoms with Crippen molar-refractivity contribution in [2.75, 3.05) is 6.54 Å². The van der Waals surface area contributed by atoms with Crippen molar-refractivity contribution in [2.45, 2.75) is 39.3 Å². The van der Waals surface area contributed by atoms with Crippen molar-refractivity contribution >= 4 is 12.0 Å². The number of benzene rings is 1. The third-order valence-corrected chi connectivity index (χ3v) is 3.53. The highest BCUT2D eigenvalue weighted by Gasteiger charge is 2.29. The summed E-state index contributed by atoms with van der Waals surface area (Å²) in [5.74, 6) is -0.736. The molecular formula is C17H22FNO2. The summed E-state index contributed by atoms with van der Waals surface area (Å²) >= 11 is 0. The SMILES string of the molecule is CC(C)CN(Cc1ccc(C=CC(=O)O)cc1F)C1CC1. The maximum absolute atomic E-state index is 14.1. The normalized spacial score (nSPS) is 15.3. The van der Waals surface area contributed by atoms with E-state index in [1.165, 1.54) is 25.0 Å². The Morgan fingerprint density at radius 2 is 2.19 bits per heavy atom. The molecule has 1 aromatic carbocycles. The van der Waals surface area contributed by atoms with Gasteiger partial charge in [0.2, 0.25) is 0 Å². The molecule has 0 spiro atoms. The second kappa shape index (κ2) is 6.85. The van der Waals surface area contributed by atoms with E-state index in [0.29, 0.717) is 29.6 Å². The molecule has 0 saturated heterocycles. The van der Waals surface area contributed by atoms with Gasteiger partial charge in [0.1, 0.15) is 5.82 Å². The molecule has 0 atom stereocenters. The molecule has 21 heavy (non-hydrogen) atoms. The molecule has 114 valence electrons. The Morgan fingerprint density at radius 1 is 1.48 bits per heavy atom. The third-order valence-electron chi connectivity index (χ3n) is 3.53. The average Bonchev–Trinajstić information content (AvgIpc) is 3.22. The maximum Gasteiger partial charge on any atom is 0.328 e. The van der Waals surface area contributed by atoms with E-state index in [-0.39, 0.29) is 5.82 Å². The van der Waals surface area contributed by atoms with Crippen LogP contribution in [0.25, 0.3) is 6.08 Å². The molecule has 0 heterocycles. The molecule has 1 aliphatic rings. The third kappa shape index (κ3) is 4.97. The molecule has 0 amide bonds. The minimum atomic E-state index is -1.03. The summed E-state index contributed by atoms with van der Waals surface area (Å²) in [6.45, 7) is 5.94. The van der Waals surface area contributed by atoms with E-state index < -0.39 is 5.97 Å². The van der Waals surface area contributed by atoms with Gasteiger partial charge in [0.15, 0.2) is 0 Å². The molecule has 0 bridgehead atoms. The van der Waals surface area contributed by atoms with Crippen molar-refractivity contribution in [3.63, 3.8) is 0 Å². The van der Waals surface area contributed by atoms with Gasteiger partial charge >= 0.3 is 5.97 Å². The Labute approximate surface area is 125 Å². The lowest BCUT2D eigenvalue weighted by atomic mass is 10.1. The topological polar surface area (TPSA) is 40.5 Å². The first kappa shape index (κ1) is 15.7. The lowest BCUT2D eigenvalue weighted by molar-refractivity contribution is -0.131. The summed E-state index contributed by atoms with van der Waals surface area (Å²) in [6, 6.07) is 5.51. The zero-order valence-corrected chi connectivity index (χ0v) is 12.6. The molecule has 1 saturated carbocycles. The first-order valence-electron chi connectivity index (χ1n) is 7.39. The number of rotatable bonds is 7. The first-order valence-corrected chi connectivity index (χ1v) is 7.39. The minimum Gasteiger partial charge on any atom is -0.478 e. The molecule has 3 nitrogen and oxygen atoms in total. The fourth-order valence-corrected chi connectivity index (χ4v) is 2.43. The van der Waals surface area contributed by atoms with Gasteiger partial charge in [-0.2, -0.15) is 0 Å². The summed E-state index contributed by atoms with van der Waals surface area (Å²) in [5, 5.41) is 8.58. The number of aliphatic carboxylic acids is 1. The van der Waals surface area contributed by atoms with Crippen molar-refractivity contribution in [3.8, 4) is 0 Å². The van der Waals surface area contributed by atoms with Gasteiger partial charge in [-0.15, -0.1) is 0 Å². The smallest absolute Gasteiger partial charge is 0.328 e. The molecule has 0 radical (unpaired) electrons. The number of hydrogen-bond donors (Lipinski definition) is 1. The zero-order valence-electron chi connectivity index (χ0n) is 12.6. The Hall–Kier alpha value is -1.68. The fourth-order valence-electron chi connectivity index (χ4n) is 2.43. The summed E-state index contributed by atoms with van der Waals surface area (Å²) < 4.78 is 14.1. The quantitative estimate of drug-likeness (QED) is 0.781. The molecule has 1 fully saturated rings. The molecule has 2 rings (SSSR count). The lowest BCUT2D eigenvalue weighted by Gasteiger charge is -2.24. The van der Waals surface area contributed by atoms with Crippen LogP contribution in [-0.4, -0.2) is 28.6 Å². The van der Waals surface area contributed by atoms with Gasteiger partial charge in [0.05, 0.1) is 0 Å². The van der Waals surface area contributed by atoms with E-state index in [9.17, 15) is 9.18 Å². The molecule has 4 heteroatoms. The Balaban J connectivity index is 2.07. The van der Waals surface area contributed by atoms with Gasteiger partial charge in [0.25, 0.3) is 0 Å². The standard InChI is InChI=1S/C17H22FNO2/c1-12(2)10-19(15-6-7-15)11-14-5-3-13(9-16(14)18)4-8-17(20)21/h3-5,8-9,12,15H,6-7,10-11H2,1-2H3,(H,20,21). The van der Waals surface area contributed by atoms with E-state index >= 15 is 0 Å². The highest BCUT2D eigenvalue weighted by atomic mass is 19.1. The second-order valence-corrected chi connectivity index (χ2v) is 6.08. The van der Waals surface area contributed by atoms with E-state index in [1.807, 2.05) is 0 Å². The molecule has 0 aromatic heterocycles. The highest BCUT2D eigenvalue weighted by Crippen LogP contribution is 2.29. The van der Waals surface area contributed by atoms with Gasteiger partial charge in [-0.05, 0) is 36.5 Å². The van der Waals surface area contributed by atoms with Crippen LogP contribution in [0.1, 0.15) is 37.8 Å². The van der Waals surface area contributed by atoms with Crippen LogP contribution in [0.3, 0.4) is 0 Å². The molecular weight excluding hydrogens is 269 g/mol. The van der Waals surface area contributed by atoms with Crippen LogP contribution >= 0.6 is 0 Å². The number of nitrogens with zero attached hydrogens (tertiary/aromatic N) is 1. The van der Waals surface area contributed by atoms with Gasteiger partial charge in [-0.3, -0.25) is 4.90 Å². The van der Waals surface area contributed by atoms with Crippen molar-refractivity contribution in [2.24, 2.45) is 5.92 Å². The molecule has 1 N–H and O–H groups in total. The molecule has 0 unspecified atom stereocenters. The van der Waals surface area contributed by atoms with Crippen molar-refractivity contribution in [1.29, 1.82) is 0 Å². The van der Waals surface area contributed by atoms with Crippen LogP contribution in [0.2, 0.25) is 0 Å². The van der Waals surface area contributed by atoms with Crippen molar-refractivity contribution in [3.05, 3.63) is 41.2 Å². The summed E-state index contributed by atoms with van der Waals surface area (Å²) in [7, 11) is 0. The van der Waals surface area contributed by atoms with Gasteiger partial charge in [-0.1, -0.05) is 26.0 Å². The van der Waals surface area contributed by atoms with E-state index in [4.69, 9.17) is 5.11 Å². The van der Waals surface area contributed by atoms with E-state index in [1.54, 1.807) is 12.1 Å². The fraction of sp³-hybridized carbons (Fsp3) is 0.471. The average molecular weight is 291 g/mol. The zero-order chi connectivity index (χ0) is 15.4. The number of halogens is 1. The van der Waals surface area contributed by atoms with Crippen LogP contribution in [0.4, 0.5) is 4.39 Å². The number of carboxylic acid groups (broad SMARTS) is 1. The number of carboxylic acids is 1. The largest absolute Gasteiger partial charge is 0.478 e. The Bertz CT molecular complexity index is 536. The predicted octanol–water partition coefficient (Wildman–Crippen LogP) is 3.54. The molecule has 1 aromatic rings. The summed E-state index contributed by atoms with van der Waals surface area (Å²) in [4.78, 5) is 12.8. The summed E-state index contributed by atoms with van der Waals surface area (Å²) in [6.07, 6.45) is 4.83. The van der Waals surface area contributed by atoms with Crippen LogP contribution in [0.5, 0.6) is 0 Å². The Morgan fingerprint density at radius 3 is 2.71 bits per heavy atom.